The second kappa shape index (κ2) is 6.78. The second-order valence-electron chi connectivity index (χ2n) is 5.93. The maximum Gasteiger partial charge on any atom is 0.251 e. The van der Waals surface area contributed by atoms with Gasteiger partial charge in [0.05, 0.1) is 6.54 Å². The van der Waals surface area contributed by atoms with E-state index in [9.17, 15) is 4.79 Å². The topological polar surface area (TPSA) is 55.1 Å². The van der Waals surface area contributed by atoms with E-state index in [0.29, 0.717) is 17.5 Å². The van der Waals surface area contributed by atoms with Crippen LogP contribution >= 0.6 is 0 Å². The van der Waals surface area contributed by atoms with E-state index < -0.39 is 0 Å². The quantitative estimate of drug-likeness (QED) is 0.835. The zero-order chi connectivity index (χ0) is 15.3. The molecule has 1 aromatic carbocycles. The SMILES string of the molecule is CCC1(CNC(=O)c2ccc(C#CCN)c(C)c2)CCC1. The summed E-state index contributed by atoms with van der Waals surface area (Å²) >= 11 is 0. The Morgan fingerprint density at radius 1 is 1.43 bits per heavy atom. The number of aryl methyl sites for hydroxylation is 1. The number of hydrogen-bond donors (Lipinski definition) is 2. The van der Waals surface area contributed by atoms with Crippen LogP contribution in [0.15, 0.2) is 18.2 Å². The molecule has 112 valence electrons. The van der Waals surface area contributed by atoms with Crippen molar-refractivity contribution in [3.8, 4) is 11.8 Å². The zero-order valence-electron chi connectivity index (χ0n) is 13.0. The summed E-state index contributed by atoms with van der Waals surface area (Å²) in [5.41, 5.74) is 8.37. The molecule has 0 heterocycles. The van der Waals surface area contributed by atoms with Gasteiger partial charge in [-0.25, -0.2) is 0 Å². The Kier molecular flexibility index (Phi) is 5.03. The first kappa shape index (κ1) is 15.6. The van der Waals surface area contributed by atoms with E-state index in [1.165, 1.54) is 19.3 Å². The summed E-state index contributed by atoms with van der Waals surface area (Å²) in [5, 5.41) is 3.09. The summed E-state index contributed by atoms with van der Waals surface area (Å²) in [6, 6.07) is 5.63. The van der Waals surface area contributed by atoms with Crippen LogP contribution < -0.4 is 11.1 Å². The van der Waals surface area contributed by atoms with Crippen molar-refractivity contribution in [1.29, 1.82) is 0 Å². The molecule has 0 atom stereocenters. The van der Waals surface area contributed by atoms with Gasteiger partial charge >= 0.3 is 0 Å². The van der Waals surface area contributed by atoms with E-state index in [0.717, 1.165) is 24.1 Å². The Labute approximate surface area is 127 Å². The molecule has 1 fully saturated rings. The van der Waals surface area contributed by atoms with Crippen LogP contribution in [0.1, 0.15) is 54.1 Å². The molecule has 1 amide bonds. The molecule has 3 heteroatoms. The van der Waals surface area contributed by atoms with Crippen LogP contribution in [-0.4, -0.2) is 19.0 Å². The molecule has 3 N–H and O–H groups in total. The number of nitrogens with two attached hydrogens (primary N) is 1. The molecule has 1 aliphatic rings. The normalized spacial score (nSPS) is 15.6. The molecular weight excluding hydrogens is 260 g/mol. The molecule has 0 aliphatic heterocycles. The number of carbonyl (C=O) groups excluding carboxylic acids is 1. The van der Waals surface area contributed by atoms with Crippen molar-refractivity contribution in [3.63, 3.8) is 0 Å². The highest BCUT2D eigenvalue weighted by atomic mass is 16.1. The molecule has 1 aliphatic carbocycles. The molecule has 1 aromatic rings. The van der Waals surface area contributed by atoms with Crippen LogP contribution in [0.25, 0.3) is 0 Å². The van der Waals surface area contributed by atoms with E-state index in [-0.39, 0.29) is 5.91 Å². The van der Waals surface area contributed by atoms with Crippen molar-refractivity contribution in [2.45, 2.75) is 39.5 Å². The Morgan fingerprint density at radius 3 is 2.71 bits per heavy atom. The predicted molar refractivity (Wildman–Crippen MR) is 86.0 cm³/mol. The molecular formula is C18H24N2O. The molecule has 21 heavy (non-hydrogen) atoms. The average molecular weight is 284 g/mol. The highest BCUT2D eigenvalue weighted by Crippen LogP contribution is 2.43. The summed E-state index contributed by atoms with van der Waals surface area (Å²) in [4.78, 5) is 12.3. The van der Waals surface area contributed by atoms with Gasteiger partial charge in [-0.2, -0.15) is 0 Å². The minimum Gasteiger partial charge on any atom is -0.351 e. The maximum atomic E-state index is 12.3. The lowest BCUT2D eigenvalue weighted by molar-refractivity contribution is 0.0850. The molecule has 3 nitrogen and oxygen atoms in total. The first-order valence-corrected chi connectivity index (χ1v) is 7.68. The molecule has 2 rings (SSSR count). The van der Waals surface area contributed by atoms with Gasteiger partial charge in [0.1, 0.15) is 0 Å². The largest absolute Gasteiger partial charge is 0.351 e. The number of benzene rings is 1. The third kappa shape index (κ3) is 3.65. The molecule has 0 unspecified atom stereocenters. The predicted octanol–water partition coefficient (Wildman–Crippen LogP) is 2.62. The first-order chi connectivity index (χ1) is 10.1. The average Bonchev–Trinajstić information content (AvgIpc) is 2.45. The summed E-state index contributed by atoms with van der Waals surface area (Å²) in [5.74, 6) is 5.87. The highest BCUT2D eigenvalue weighted by Gasteiger charge is 2.35. The number of hydrogen-bond acceptors (Lipinski definition) is 2. The summed E-state index contributed by atoms with van der Waals surface area (Å²) < 4.78 is 0. The third-order valence-electron chi connectivity index (χ3n) is 4.60. The van der Waals surface area contributed by atoms with Crippen LogP contribution in [0.5, 0.6) is 0 Å². The Bertz CT molecular complexity index is 571. The standard InChI is InChI=1S/C18H24N2O/c1-3-18(9-5-10-18)13-20-17(21)16-8-7-15(6-4-11-19)14(2)12-16/h7-8,12H,3,5,9-11,13,19H2,1-2H3,(H,20,21). The fourth-order valence-electron chi connectivity index (χ4n) is 2.79. The van der Waals surface area contributed by atoms with Crippen molar-refractivity contribution in [2.24, 2.45) is 11.1 Å². The van der Waals surface area contributed by atoms with Gasteiger partial charge in [0.15, 0.2) is 0 Å². The summed E-state index contributed by atoms with van der Waals surface area (Å²) in [6.45, 7) is 5.31. The van der Waals surface area contributed by atoms with Crippen LogP contribution in [0.3, 0.4) is 0 Å². The monoisotopic (exact) mass is 284 g/mol. The van der Waals surface area contributed by atoms with Crippen LogP contribution in [0.2, 0.25) is 0 Å². The van der Waals surface area contributed by atoms with Gasteiger partial charge in [0, 0.05) is 17.7 Å². The molecule has 0 saturated heterocycles. The van der Waals surface area contributed by atoms with Crippen molar-refractivity contribution in [1.82, 2.24) is 5.32 Å². The van der Waals surface area contributed by atoms with Gasteiger partial charge in [-0.15, -0.1) is 0 Å². The Morgan fingerprint density at radius 2 is 2.19 bits per heavy atom. The van der Waals surface area contributed by atoms with Gasteiger partial charge in [-0.3, -0.25) is 4.79 Å². The van der Waals surface area contributed by atoms with E-state index in [2.05, 4.69) is 24.1 Å². The van der Waals surface area contributed by atoms with Crippen molar-refractivity contribution < 1.29 is 4.79 Å². The number of rotatable bonds is 4. The molecule has 0 bridgehead atoms. The van der Waals surface area contributed by atoms with Crippen molar-refractivity contribution >= 4 is 5.91 Å². The van der Waals surface area contributed by atoms with E-state index >= 15 is 0 Å². The van der Waals surface area contributed by atoms with Crippen LogP contribution in [0, 0.1) is 24.2 Å². The number of nitrogens with one attached hydrogen (secondary N) is 1. The zero-order valence-corrected chi connectivity index (χ0v) is 13.0. The van der Waals surface area contributed by atoms with E-state index in [4.69, 9.17) is 5.73 Å². The van der Waals surface area contributed by atoms with Gasteiger partial charge in [-0.05, 0) is 55.4 Å². The maximum absolute atomic E-state index is 12.3. The van der Waals surface area contributed by atoms with Crippen molar-refractivity contribution in [2.75, 3.05) is 13.1 Å². The lowest BCUT2D eigenvalue weighted by atomic mass is 9.67. The molecule has 0 radical (unpaired) electrons. The smallest absolute Gasteiger partial charge is 0.251 e. The number of carbonyl (C=O) groups is 1. The minimum atomic E-state index is 0.0103. The fraction of sp³-hybridized carbons (Fsp3) is 0.500. The van der Waals surface area contributed by atoms with Gasteiger partial charge in [0.25, 0.3) is 5.91 Å². The van der Waals surface area contributed by atoms with E-state index in [1.807, 2.05) is 25.1 Å². The lowest BCUT2D eigenvalue weighted by Crippen LogP contribution is -2.41. The van der Waals surface area contributed by atoms with Crippen LogP contribution in [-0.2, 0) is 0 Å². The Hall–Kier alpha value is -1.79. The molecule has 0 spiro atoms. The minimum absolute atomic E-state index is 0.0103. The second-order valence-corrected chi connectivity index (χ2v) is 5.93. The van der Waals surface area contributed by atoms with E-state index in [1.54, 1.807) is 0 Å². The van der Waals surface area contributed by atoms with Gasteiger partial charge in [-0.1, -0.05) is 25.2 Å². The molecule has 0 aromatic heterocycles. The lowest BCUT2D eigenvalue weighted by Gasteiger charge is -2.41. The van der Waals surface area contributed by atoms with Crippen molar-refractivity contribution in [3.05, 3.63) is 34.9 Å². The number of amides is 1. The van der Waals surface area contributed by atoms with Gasteiger partial charge < -0.3 is 11.1 Å². The first-order valence-electron chi connectivity index (χ1n) is 7.68. The van der Waals surface area contributed by atoms with Gasteiger partial charge in [0.2, 0.25) is 0 Å². The summed E-state index contributed by atoms with van der Waals surface area (Å²) in [6.07, 6.45) is 4.89. The third-order valence-corrected chi connectivity index (χ3v) is 4.60. The van der Waals surface area contributed by atoms with Crippen LogP contribution in [0.4, 0.5) is 0 Å². The Balaban J connectivity index is 2.01. The molecule has 1 saturated carbocycles. The highest BCUT2D eigenvalue weighted by molar-refractivity contribution is 5.94. The fourth-order valence-corrected chi connectivity index (χ4v) is 2.79. The summed E-state index contributed by atoms with van der Waals surface area (Å²) in [7, 11) is 0.